The van der Waals surface area contributed by atoms with Crippen LogP contribution in [-0.4, -0.2) is 57.7 Å². The maximum Gasteiger partial charge on any atom is 0.353 e. The first kappa shape index (κ1) is 23.2. The van der Waals surface area contributed by atoms with Crippen LogP contribution in [0.5, 0.6) is 0 Å². The second kappa shape index (κ2) is 8.94. The molecule has 0 bridgehead atoms. The van der Waals surface area contributed by atoms with Crippen molar-refractivity contribution in [3.05, 3.63) is 16.4 Å². The molecular formula is C21H34N6O4. The minimum absolute atomic E-state index is 0.0438. The summed E-state index contributed by atoms with van der Waals surface area (Å²) in [7, 11) is 0. The number of nitrogens with zero attached hydrogens (tertiary/aromatic N) is 4. The summed E-state index contributed by atoms with van der Waals surface area (Å²) in [5.41, 5.74) is -0.302. The zero-order chi connectivity index (χ0) is 22.8. The molecular weight excluding hydrogens is 400 g/mol. The van der Waals surface area contributed by atoms with Crippen molar-refractivity contribution in [2.45, 2.75) is 77.4 Å². The summed E-state index contributed by atoms with van der Waals surface area (Å²) in [6, 6.07) is 0.0438. The lowest BCUT2D eigenvalue weighted by atomic mass is 9.79. The van der Waals surface area contributed by atoms with E-state index in [-0.39, 0.29) is 40.5 Å². The molecule has 0 spiro atoms. The van der Waals surface area contributed by atoms with Crippen LogP contribution < -0.4 is 15.5 Å². The number of ether oxygens (including phenoxy) is 1. The number of nitro groups is 1. The number of aromatic nitrogens is 2. The Morgan fingerprint density at radius 3 is 2.42 bits per heavy atom. The molecule has 1 aromatic rings. The topological polar surface area (TPSA) is 123 Å². The van der Waals surface area contributed by atoms with Gasteiger partial charge in [-0.25, -0.2) is 9.97 Å². The van der Waals surface area contributed by atoms with E-state index in [0.29, 0.717) is 38.4 Å². The number of nitrogens with one attached hydrogen (secondary N) is 2. The summed E-state index contributed by atoms with van der Waals surface area (Å²) in [5.74, 6) is 0.185. The van der Waals surface area contributed by atoms with Crippen molar-refractivity contribution in [2.75, 3.05) is 29.9 Å². The van der Waals surface area contributed by atoms with E-state index >= 15 is 0 Å². The number of carbonyl (C=O) groups excluding carboxylic acids is 1. The normalized spacial score (nSPS) is 21.5. The zero-order valence-electron chi connectivity index (χ0n) is 19.1. The molecule has 1 aromatic heterocycles. The molecule has 0 aromatic carbocycles. The highest BCUT2D eigenvalue weighted by molar-refractivity contribution is 5.74. The van der Waals surface area contributed by atoms with Crippen LogP contribution in [0.3, 0.4) is 0 Å². The van der Waals surface area contributed by atoms with E-state index in [1.807, 2.05) is 4.90 Å². The highest BCUT2D eigenvalue weighted by Gasteiger charge is 2.39. The van der Waals surface area contributed by atoms with E-state index < -0.39 is 4.92 Å². The molecule has 172 valence electrons. The standard InChI is InChI=1S/C21H34N6O4/c1-6-31-19(28)14-7-9-26(10-8-14)18-16(27(29)30)17(22-13-23-18)24-15-11-20(2,3)25-21(4,5)12-15/h13-15,25H,6-12H2,1-5H3,(H,22,23,24). The first-order chi connectivity index (χ1) is 14.5. The van der Waals surface area contributed by atoms with E-state index in [9.17, 15) is 14.9 Å². The van der Waals surface area contributed by atoms with E-state index in [4.69, 9.17) is 4.74 Å². The van der Waals surface area contributed by atoms with E-state index in [0.717, 1.165) is 12.8 Å². The molecule has 0 atom stereocenters. The average molecular weight is 435 g/mol. The molecule has 0 amide bonds. The van der Waals surface area contributed by atoms with Gasteiger partial charge < -0.3 is 20.3 Å². The largest absolute Gasteiger partial charge is 0.466 e. The minimum atomic E-state index is -0.410. The van der Waals surface area contributed by atoms with Gasteiger partial charge in [-0.05, 0) is 60.3 Å². The Bertz CT molecular complexity index is 804. The van der Waals surface area contributed by atoms with Gasteiger partial charge in [0.15, 0.2) is 0 Å². The van der Waals surface area contributed by atoms with Gasteiger partial charge in [0.25, 0.3) is 0 Å². The maximum absolute atomic E-state index is 12.0. The predicted molar refractivity (Wildman–Crippen MR) is 118 cm³/mol. The predicted octanol–water partition coefficient (Wildman–Crippen LogP) is 2.89. The average Bonchev–Trinajstić information content (AvgIpc) is 2.65. The Hall–Kier alpha value is -2.49. The van der Waals surface area contributed by atoms with Gasteiger partial charge >= 0.3 is 11.7 Å². The summed E-state index contributed by atoms with van der Waals surface area (Å²) in [4.78, 5) is 34.0. The van der Waals surface area contributed by atoms with Gasteiger partial charge in [-0.2, -0.15) is 0 Å². The lowest BCUT2D eigenvalue weighted by molar-refractivity contribution is -0.383. The van der Waals surface area contributed by atoms with Crippen LogP contribution in [0.25, 0.3) is 0 Å². The molecule has 2 fully saturated rings. The van der Waals surface area contributed by atoms with Crippen molar-refractivity contribution < 1.29 is 14.5 Å². The molecule has 2 aliphatic heterocycles. The van der Waals surface area contributed by atoms with Crippen LogP contribution in [0.15, 0.2) is 6.33 Å². The molecule has 0 radical (unpaired) electrons. The van der Waals surface area contributed by atoms with Crippen LogP contribution in [0.1, 0.15) is 60.3 Å². The van der Waals surface area contributed by atoms with Crippen molar-refractivity contribution in [3.63, 3.8) is 0 Å². The maximum atomic E-state index is 12.0. The van der Waals surface area contributed by atoms with Crippen molar-refractivity contribution in [3.8, 4) is 0 Å². The van der Waals surface area contributed by atoms with Gasteiger partial charge in [0.05, 0.1) is 17.4 Å². The highest BCUT2D eigenvalue weighted by Crippen LogP contribution is 2.37. The van der Waals surface area contributed by atoms with E-state index in [2.05, 4.69) is 48.3 Å². The first-order valence-electron chi connectivity index (χ1n) is 11.0. The second-order valence-corrected chi connectivity index (χ2v) is 9.81. The van der Waals surface area contributed by atoms with Crippen LogP contribution in [-0.2, 0) is 9.53 Å². The van der Waals surface area contributed by atoms with Gasteiger partial charge in [-0.1, -0.05) is 0 Å². The molecule has 2 aliphatic rings. The third-order valence-corrected chi connectivity index (χ3v) is 5.93. The Morgan fingerprint density at radius 2 is 1.87 bits per heavy atom. The number of carbonyl (C=O) groups is 1. The Morgan fingerprint density at radius 1 is 1.26 bits per heavy atom. The highest BCUT2D eigenvalue weighted by atomic mass is 16.6. The number of piperidine rings is 2. The zero-order valence-corrected chi connectivity index (χ0v) is 19.1. The van der Waals surface area contributed by atoms with Crippen molar-refractivity contribution in [2.24, 2.45) is 5.92 Å². The lowest BCUT2D eigenvalue weighted by Crippen LogP contribution is -2.60. The molecule has 31 heavy (non-hydrogen) atoms. The summed E-state index contributed by atoms with van der Waals surface area (Å²) >= 11 is 0. The Labute approximate surface area is 183 Å². The fraction of sp³-hybridized carbons (Fsp3) is 0.762. The lowest BCUT2D eigenvalue weighted by Gasteiger charge is -2.46. The van der Waals surface area contributed by atoms with Crippen LogP contribution in [0, 0.1) is 16.0 Å². The van der Waals surface area contributed by atoms with Gasteiger partial charge in [0, 0.05) is 30.2 Å². The molecule has 2 saturated heterocycles. The Balaban J connectivity index is 1.79. The van der Waals surface area contributed by atoms with Crippen LogP contribution in [0.4, 0.5) is 17.3 Å². The fourth-order valence-electron chi connectivity index (χ4n) is 5.08. The van der Waals surface area contributed by atoms with Gasteiger partial charge in [0.1, 0.15) is 6.33 Å². The number of hydrogen-bond donors (Lipinski definition) is 2. The van der Waals surface area contributed by atoms with Gasteiger partial charge in [0.2, 0.25) is 11.6 Å². The summed E-state index contributed by atoms with van der Waals surface area (Å²) < 4.78 is 5.12. The van der Waals surface area contributed by atoms with Gasteiger partial charge in [-0.15, -0.1) is 0 Å². The molecule has 10 nitrogen and oxygen atoms in total. The minimum Gasteiger partial charge on any atom is -0.466 e. The van der Waals surface area contributed by atoms with Crippen LogP contribution >= 0.6 is 0 Å². The fourth-order valence-corrected chi connectivity index (χ4v) is 5.08. The summed E-state index contributed by atoms with van der Waals surface area (Å²) in [5, 5.41) is 19.0. The number of hydrogen-bond acceptors (Lipinski definition) is 9. The van der Waals surface area contributed by atoms with Crippen molar-refractivity contribution in [1.82, 2.24) is 15.3 Å². The van der Waals surface area contributed by atoms with Crippen molar-refractivity contribution >= 4 is 23.3 Å². The summed E-state index contributed by atoms with van der Waals surface area (Å²) in [6.07, 6.45) is 4.17. The quantitative estimate of drug-likeness (QED) is 0.395. The molecule has 2 N–H and O–H groups in total. The molecule has 10 heteroatoms. The number of esters is 1. The first-order valence-corrected chi connectivity index (χ1v) is 11.0. The molecule has 0 saturated carbocycles. The second-order valence-electron chi connectivity index (χ2n) is 9.81. The van der Waals surface area contributed by atoms with E-state index in [1.54, 1.807) is 6.92 Å². The Kier molecular flexibility index (Phi) is 6.68. The monoisotopic (exact) mass is 434 g/mol. The van der Waals surface area contributed by atoms with E-state index in [1.165, 1.54) is 6.33 Å². The molecule has 0 unspecified atom stereocenters. The van der Waals surface area contributed by atoms with Crippen LogP contribution in [0.2, 0.25) is 0 Å². The smallest absolute Gasteiger partial charge is 0.353 e. The SMILES string of the molecule is CCOC(=O)C1CCN(c2ncnc(NC3CC(C)(C)NC(C)(C)C3)c2[N+](=O)[O-])CC1. The third kappa shape index (κ3) is 5.61. The number of anilines is 2. The van der Waals surface area contributed by atoms with Gasteiger partial charge in [-0.3, -0.25) is 14.9 Å². The molecule has 3 heterocycles. The van der Waals surface area contributed by atoms with Crippen molar-refractivity contribution in [1.29, 1.82) is 0 Å². The summed E-state index contributed by atoms with van der Waals surface area (Å²) in [6.45, 7) is 11.7. The molecule has 3 rings (SSSR count). The molecule has 0 aliphatic carbocycles. The third-order valence-electron chi connectivity index (χ3n) is 5.93. The number of rotatable bonds is 6.